The summed E-state index contributed by atoms with van der Waals surface area (Å²) in [6.45, 7) is 5.41. The number of hydrazone groups is 1. The standard InChI is InChI=1S/C19H24ClFN6O3S/c1-10-6-7-13(21)16(11(10)2)12(3)17(18-23-26-27(4)24-18)25-31(28,29)14-8-9-15(20)22-19(14)30-5/h6-9,12,17,25-26H,1-5H3,(H,23,24)/t12-,17+/m1/s1. The molecule has 2 aromatic rings. The average Bonchev–Trinajstić information content (AvgIpc) is 3.14. The van der Waals surface area contributed by atoms with Crippen LogP contribution in [0.1, 0.15) is 29.5 Å². The van der Waals surface area contributed by atoms with Gasteiger partial charge in [-0.1, -0.05) is 24.6 Å². The number of hydrazine groups is 2. The minimum atomic E-state index is -4.15. The van der Waals surface area contributed by atoms with Crippen LogP contribution >= 0.6 is 11.6 Å². The number of hydrogen-bond acceptors (Lipinski definition) is 8. The van der Waals surface area contributed by atoms with Crippen LogP contribution in [0.5, 0.6) is 5.88 Å². The molecule has 0 saturated carbocycles. The molecule has 0 unspecified atom stereocenters. The van der Waals surface area contributed by atoms with Crippen LogP contribution in [-0.2, 0) is 10.0 Å². The van der Waals surface area contributed by atoms with Crippen molar-refractivity contribution in [3.05, 3.63) is 51.9 Å². The maximum absolute atomic E-state index is 14.8. The van der Waals surface area contributed by atoms with Crippen molar-refractivity contribution in [2.75, 3.05) is 14.2 Å². The molecule has 2 atom stereocenters. The molecule has 3 N–H and O–H groups in total. The van der Waals surface area contributed by atoms with Crippen LogP contribution in [0.25, 0.3) is 0 Å². The van der Waals surface area contributed by atoms with Gasteiger partial charge in [0.2, 0.25) is 15.9 Å². The van der Waals surface area contributed by atoms with Gasteiger partial charge in [-0.15, -0.1) is 10.2 Å². The first-order chi connectivity index (χ1) is 14.5. The fourth-order valence-electron chi connectivity index (χ4n) is 3.40. The minimum Gasteiger partial charge on any atom is -0.480 e. The van der Waals surface area contributed by atoms with Crippen LogP contribution < -0.4 is 20.4 Å². The Morgan fingerprint density at radius 3 is 2.58 bits per heavy atom. The topological polar surface area (TPSA) is 108 Å². The number of nitrogens with one attached hydrogen (secondary N) is 3. The Balaban J connectivity index is 2.06. The monoisotopic (exact) mass is 470 g/mol. The smallest absolute Gasteiger partial charge is 0.246 e. The summed E-state index contributed by atoms with van der Waals surface area (Å²) in [7, 11) is -1.19. The highest BCUT2D eigenvalue weighted by molar-refractivity contribution is 7.89. The van der Waals surface area contributed by atoms with Gasteiger partial charge in [-0.05, 0) is 48.7 Å². The highest BCUT2D eigenvalue weighted by Crippen LogP contribution is 2.30. The van der Waals surface area contributed by atoms with E-state index in [2.05, 4.69) is 25.8 Å². The number of benzene rings is 1. The van der Waals surface area contributed by atoms with Crippen molar-refractivity contribution in [2.24, 2.45) is 5.10 Å². The van der Waals surface area contributed by atoms with Gasteiger partial charge >= 0.3 is 0 Å². The van der Waals surface area contributed by atoms with Crippen molar-refractivity contribution in [3.63, 3.8) is 0 Å². The number of nitrogens with zero attached hydrogens (tertiary/aromatic N) is 3. The lowest BCUT2D eigenvalue weighted by Crippen LogP contribution is -2.51. The Hall–Kier alpha value is -2.47. The average molecular weight is 471 g/mol. The van der Waals surface area contributed by atoms with Crippen molar-refractivity contribution in [1.82, 2.24) is 25.8 Å². The van der Waals surface area contributed by atoms with Crippen molar-refractivity contribution < 1.29 is 17.5 Å². The van der Waals surface area contributed by atoms with E-state index in [0.29, 0.717) is 5.56 Å². The first-order valence-corrected chi connectivity index (χ1v) is 11.2. The number of hydrogen-bond donors (Lipinski definition) is 3. The number of aromatic nitrogens is 1. The third-order valence-corrected chi connectivity index (χ3v) is 6.81. The molecule has 3 rings (SSSR count). The Morgan fingerprint density at radius 1 is 1.26 bits per heavy atom. The first kappa shape index (κ1) is 23.2. The van der Waals surface area contributed by atoms with E-state index < -0.39 is 27.8 Å². The van der Waals surface area contributed by atoms with Crippen LogP contribution in [0.4, 0.5) is 4.39 Å². The van der Waals surface area contributed by atoms with Crippen molar-refractivity contribution >= 4 is 27.5 Å². The molecule has 1 aromatic carbocycles. The molecule has 12 heteroatoms. The number of amidine groups is 1. The van der Waals surface area contributed by atoms with E-state index in [1.165, 1.54) is 30.4 Å². The van der Waals surface area contributed by atoms with Gasteiger partial charge in [0, 0.05) is 13.0 Å². The van der Waals surface area contributed by atoms with E-state index in [1.807, 2.05) is 6.92 Å². The maximum atomic E-state index is 14.8. The van der Waals surface area contributed by atoms with Gasteiger partial charge in [0.05, 0.1) is 13.2 Å². The van der Waals surface area contributed by atoms with E-state index in [4.69, 9.17) is 16.3 Å². The Kier molecular flexibility index (Phi) is 6.70. The molecular formula is C19H24ClFN6O3S. The Morgan fingerprint density at radius 2 is 1.97 bits per heavy atom. The summed E-state index contributed by atoms with van der Waals surface area (Å²) in [4.78, 5) is 3.72. The summed E-state index contributed by atoms with van der Waals surface area (Å²) in [6.07, 6.45) is 0. The van der Waals surface area contributed by atoms with Crippen LogP contribution in [-0.4, -0.2) is 44.6 Å². The molecule has 168 valence electrons. The fraction of sp³-hybridized carbons (Fsp3) is 0.368. The third-order valence-electron chi connectivity index (χ3n) is 5.14. The Labute approximate surface area is 185 Å². The third kappa shape index (κ3) is 4.74. The van der Waals surface area contributed by atoms with Gasteiger partial charge in [-0.25, -0.2) is 23.3 Å². The number of aryl methyl sites for hydroxylation is 1. The second-order valence-corrected chi connectivity index (χ2v) is 9.27. The summed E-state index contributed by atoms with van der Waals surface area (Å²) >= 11 is 5.86. The highest BCUT2D eigenvalue weighted by Gasteiger charge is 2.35. The lowest BCUT2D eigenvalue weighted by molar-refractivity contribution is 0.230. The van der Waals surface area contributed by atoms with Crippen molar-refractivity contribution in [3.8, 4) is 5.88 Å². The molecule has 0 bridgehead atoms. The first-order valence-electron chi connectivity index (χ1n) is 9.37. The van der Waals surface area contributed by atoms with Gasteiger partial charge in [0.1, 0.15) is 15.9 Å². The fourth-order valence-corrected chi connectivity index (χ4v) is 4.92. The highest BCUT2D eigenvalue weighted by atomic mass is 35.5. The van der Waals surface area contributed by atoms with E-state index in [1.54, 1.807) is 27.0 Å². The molecule has 9 nitrogen and oxygen atoms in total. The normalized spacial score (nSPS) is 16.3. The number of halogens is 2. The quantitative estimate of drug-likeness (QED) is 0.532. The zero-order valence-electron chi connectivity index (χ0n) is 17.7. The van der Waals surface area contributed by atoms with Crippen LogP contribution in [0.2, 0.25) is 5.15 Å². The summed E-state index contributed by atoms with van der Waals surface area (Å²) in [5.41, 5.74) is 7.63. The predicted molar refractivity (Wildman–Crippen MR) is 116 cm³/mol. The molecule has 0 spiro atoms. The van der Waals surface area contributed by atoms with E-state index >= 15 is 0 Å². The second kappa shape index (κ2) is 8.95. The Bertz CT molecular complexity index is 1130. The van der Waals surface area contributed by atoms with Crippen LogP contribution in [0, 0.1) is 19.7 Å². The zero-order valence-corrected chi connectivity index (χ0v) is 19.3. The number of ether oxygens (including phenoxy) is 1. The van der Waals surface area contributed by atoms with E-state index in [0.717, 1.165) is 11.1 Å². The lowest BCUT2D eigenvalue weighted by Gasteiger charge is -2.27. The van der Waals surface area contributed by atoms with Crippen LogP contribution in [0.3, 0.4) is 0 Å². The van der Waals surface area contributed by atoms with Crippen molar-refractivity contribution in [2.45, 2.75) is 37.6 Å². The van der Waals surface area contributed by atoms with Crippen molar-refractivity contribution in [1.29, 1.82) is 0 Å². The molecule has 0 fully saturated rings. The molecule has 2 heterocycles. The second-order valence-electron chi connectivity index (χ2n) is 7.20. The van der Waals surface area contributed by atoms with Gasteiger partial charge in [0.15, 0.2) is 5.84 Å². The summed E-state index contributed by atoms with van der Waals surface area (Å²) in [5, 5.41) is 5.68. The number of sulfonamides is 1. The van der Waals surface area contributed by atoms with Crippen LogP contribution in [0.15, 0.2) is 34.3 Å². The lowest BCUT2D eigenvalue weighted by atomic mass is 9.87. The number of rotatable bonds is 7. The molecule has 0 saturated heterocycles. The van der Waals surface area contributed by atoms with E-state index in [9.17, 15) is 12.8 Å². The molecule has 1 aromatic heterocycles. The molecule has 1 aliphatic heterocycles. The van der Waals surface area contributed by atoms with E-state index in [-0.39, 0.29) is 21.8 Å². The summed E-state index contributed by atoms with van der Waals surface area (Å²) in [5.74, 6) is -0.911. The summed E-state index contributed by atoms with van der Waals surface area (Å²) < 4.78 is 49.1. The maximum Gasteiger partial charge on any atom is 0.246 e. The summed E-state index contributed by atoms with van der Waals surface area (Å²) in [6, 6.07) is 4.77. The number of pyridine rings is 1. The molecule has 31 heavy (non-hydrogen) atoms. The van der Waals surface area contributed by atoms with Gasteiger partial charge < -0.3 is 4.74 Å². The predicted octanol–water partition coefficient (Wildman–Crippen LogP) is 2.22. The molecular weight excluding hydrogens is 447 g/mol. The molecule has 0 amide bonds. The minimum absolute atomic E-state index is 0.0887. The SMILES string of the molecule is COc1nc(Cl)ccc1S(=O)(=O)N[C@H](C1=NNN(C)N1)[C@H](C)c1c(F)ccc(C)c1C. The van der Waals surface area contributed by atoms with Gasteiger partial charge in [-0.3, -0.25) is 5.43 Å². The number of methoxy groups -OCH3 is 1. The van der Waals surface area contributed by atoms with Gasteiger partial charge in [0.25, 0.3) is 0 Å². The molecule has 0 aliphatic carbocycles. The molecule has 1 aliphatic rings. The molecule has 0 radical (unpaired) electrons. The zero-order chi connectivity index (χ0) is 22.9. The largest absolute Gasteiger partial charge is 0.480 e. The van der Waals surface area contributed by atoms with Gasteiger partial charge in [-0.2, -0.15) is 4.72 Å².